The summed E-state index contributed by atoms with van der Waals surface area (Å²) in [5.41, 5.74) is 20.0. The van der Waals surface area contributed by atoms with Gasteiger partial charge in [0.1, 0.15) is 5.69 Å². The van der Waals surface area contributed by atoms with Crippen molar-refractivity contribution in [3.8, 4) is 28.4 Å². The lowest BCUT2D eigenvalue weighted by atomic mass is 10.0. The molecule has 32 heavy (non-hydrogen) atoms. The minimum absolute atomic E-state index is 0.0936. The van der Waals surface area contributed by atoms with Gasteiger partial charge >= 0.3 is 0 Å². The molecule has 0 fully saturated rings. The maximum Gasteiger partial charge on any atom is 0.232 e. The van der Waals surface area contributed by atoms with Crippen molar-refractivity contribution in [1.82, 2.24) is 14.6 Å². The van der Waals surface area contributed by atoms with E-state index >= 15 is 0 Å². The highest BCUT2D eigenvalue weighted by Crippen LogP contribution is 2.38. The monoisotopic (exact) mass is 424 g/mol. The molecular weight excluding hydrogens is 400 g/mol. The number of aromatic nitrogens is 3. The Morgan fingerprint density at radius 1 is 1.16 bits per heavy atom. The van der Waals surface area contributed by atoms with Gasteiger partial charge in [0.2, 0.25) is 5.88 Å². The number of fused-ring (bicyclic) bond motifs is 2. The summed E-state index contributed by atoms with van der Waals surface area (Å²) in [7, 11) is 1.57. The van der Waals surface area contributed by atoms with Crippen LogP contribution in [0.5, 0.6) is 5.88 Å². The third-order valence-corrected chi connectivity index (χ3v) is 6.00. The molecule has 2 aromatic heterocycles. The van der Waals surface area contributed by atoms with Crippen LogP contribution in [0, 0.1) is 5.41 Å². The largest absolute Gasteiger partial charge is 0.480 e. The number of methoxy groups -OCH3 is 1. The molecule has 2 heterocycles. The molecule has 0 amide bonds. The lowest BCUT2D eigenvalue weighted by molar-refractivity contribution is 0.390. The fourth-order valence-electron chi connectivity index (χ4n) is 4.38. The number of nitrogens with two attached hydrogens (primary N) is 2. The first-order chi connectivity index (χ1) is 15.6. The Labute approximate surface area is 185 Å². The molecule has 0 saturated carbocycles. The van der Waals surface area contributed by atoms with E-state index in [9.17, 15) is 0 Å². The quantitative estimate of drug-likeness (QED) is 0.419. The number of imidazole rings is 1. The number of hydrogen-bond acceptors (Lipinski definition) is 6. The molecule has 0 saturated heterocycles. The zero-order valence-corrected chi connectivity index (χ0v) is 17.7. The van der Waals surface area contributed by atoms with E-state index in [1.165, 1.54) is 23.5 Å². The van der Waals surface area contributed by atoms with Crippen LogP contribution >= 0.6 is 0 Å². The molecule has 7 nitrogen and oxygen atoms in total. The Balaban J connectivity index is 1.85. The summed E-state index contributed by atoms with van der Waals surface area (Å²) in [4.78, 5) is 5.01. The van der Waals surface area contributed by atoms with Gasteiger partial charge in [0.05, 0.1) is 12.8 Å². The number of allylic oxidation sites excluding steroid dienone is 1. The summed E-state index contributed by atoms with van der Waals surface area (Å²) in [6, 6.07) is 18.2. The van der Waals surface area contributed by atoms with E-state index in [1.807, 2.05) is 30.3 Å². The predicted octanol–water partition coefficient (Wildman–Crippen LogP) is 3.97. The lowest BCUT2D eigenvalue weighted by Gasteiger charge is -2.09. The van der Waals surface area contributed by atoms with Crippen LogP contribution in [-0.4, -0.2) is 27.9 Å². The highest BCUT2D eigenvalue weighted by atomic mass is 16.5. The van der Waals surface area contributed by atoms with E-state index in [0.29, 0.717) is 22.7 Å². The molecule has 1 unspecified atom stereocenters. The molecule has 0 spiro atoms. The normalized spacial score (nSPS) is 15.7. The third-order valence-electron chi connectivity index (χ3n) is 6.00. The highest BCUT2D eigenvalue weighted by molar-refractivity contribution is 6.11. The Morgan fingerprint density at radius 3 is 2.69 bits per heavy atom. The van der Waals surface area contributed by atoms with Gasteiger partial charge in [-0.1, -0.05) is 42.5 Å². The maximum atomic E-state index is 7.81. The van der Waals surface area contributed by atoms with Crippen LogP contribution in [0.25, 0.3) is 33.7 Å². The second kappa shape index (κ2) is 7.94. The Morgan fingerprint density at radius 2 is 1.97 bits per heavy atom. The zero-order chi connectivity index (χ0) is 22.2. The Kier molecular flexibility index (Phi) is 4.95. The third kappa shape index (κ3) is 3.14. The lowest BCUT2D eigenvalue weighted by Crippen LogP contribution is -2.04. The van der Waals surface area contributed by atoms with Crippen LogP contribution in [0.1, 0.15) is 29.2 Å². The van der Waals surface area contributed by atoms with Crippen LogP contribution in [0.3, 0.4) is 0 Å². The number of nitrogens with one attached hydrogen (secondary N) is 1. The minimum Gasteiger partial charge on any atom is -0.480 e. The summed E-state index contributed by atoms with van der Waals surface area (Å²) in [6.07, 6.45) is 4.53. The van der Waals surface area contributed by atoms with Gasteiger partial charge in [0.25, 0.3) is 0 Å². The molecule has 1 aliphatic rings. The van der Waals surface area contributed by atoms with Crippen molar-refractivity contribution >= 4 is 17.4 Å². The molecule has 0 bridgehead atoms. The van der Waals surface area contributed by atoms with Crippen molar-refractivity contribution in [1.29, 1.82) is 5.41 Å². The van der Waals surface area contributed by atoms with Crippen LogP contribution in [-0.2, 0) is 6.42 Å². The number of hydrogen-bond donors (Lipinski definition) is 3. The number of nitrogens with zero attached hydrogens (tertiary/aromatic N) is 3. The van der Waals surface area contributed by atoms with Gasteiger partial charge in [0, 0.05) is 46.8 Å². The van der Waals surface area contributed by atoms with Crippen LogP contribution < -0.4 is 16.2 Å². The Hall–Kier alpha value is -3.97. The van der Waals surface area contributed by atoms with Crippen molar-refractivity contribution in [2.45, 2.75) is 18.9 Å². The average molecular weight is 425 g/mol. The number of rotatable bonds is 5. The highest BCUT2D eigenvalue weighted by Gasteiger charge is 2.24. The molecule has 1 atom stereocenters. The van der Waals surface area contributed by atoms with Gasteiger partial charge in [-0.05, 0) is 30.0 Å². The zero-order valence-electron chi connectivity index (χ0n) is 17.7. The molecule has 160 valence electrons. The number of benzene rings is 2. The van der Waals surface area contributed by atoms with E-state index in [4.69, 9.17) is 26.6 Å². The first-order valence-corrected chi connectivity index (χ1v) is 10.5. The first-order valence-electron chi connectivity index (χ1n) is 10.5. The second-order valence-corrected chi connectivity index (χ2v) is 7.84. The van der Waals surface area contributed by atoms with Crippen molar-refractivity contribution in [3.63, 3.8) is 0 Å². The van der Waals surface area contributed by atoms with Crippen molar-refractivity contribution in [2.75, 3.05) is 7.11 Å². The van der Waals surface area contributed by atoms with Crippen molar-refractivity contribution in [3.05, 3.63) is 77.5 Å². The summed E-state index contributed by atoms with van der Waals surface area (Å²) in [5.74, 6) is 0.412. The van der Waals surface area contributed by atoms with E-state index in [1.54, 1.807) is 17.7 Å². The standard InChI is InChI=1S/C25H24N6O/c1-32-22-12-20(18(13-26)14-27)25-29-23(17-7-9-19-16(11-17)8-10-21(19)28)24(31(25)30-22)15-5-3-2-4-6-15/h2-7,9,11-14,21,26H,8,10,27-28H2,1H3/b18-14+,26-13?. The van der Waals surface area contributed by atoms with Crippen LogP contribution in [0.2, 0.25) is 0 Å². The summed E-state index contributed by atoms with van der Waals surface area (Å²) in [6.45, 7) is 0. The first kappa shape index (κ1) is 20.0. The summed E-state index contributed by atoms with van der Waals surface area (Å²) < 4.78 is 7.25. The molecule has 1 aliphatic carbocycles. The van der Waals surface area contributed by atoms with Crippen LogP contribution in [0.15, 0.2) is 60.8 Å². The van der Waals surface area contributed by atoms with Gasteiger partial charge in [-0.25, -0.2) is 9.50 Å². The topological polar surface area (TPSA) is 115 Å². The molecule has 0 aliphatic heterocycles. The number of aryl methyl sites for hydroxylation is 1. The molecule has 0 radical (unpaired) electrons. The fourth-order valence-corrected chi connectivity index (χ4v) is 4.38. The van der Waals surface area contributed by atoms with Gasteiger partial charge in [0.15, 0.2) is 5.65 Å². The number of ether oxygens (including phenoxy) is 1. The van der Waals surface area contributed by atoms with Gasteiger partial charge in [-0.2, -0.15) is 0 Å². The second-order valence-electron chi connectivity index (χ2n) is 7.84. The van der Waals surface area contributed by atoms with Crippen LogP contribution in [0.4, 0.5) is 0 Å². The van der Waals surface area contributed by atoms with E-state index in [0.717, 1.165) is 35.4 Å². The average Bonchev–Trinajstić information content (AvgIpc) is 3.40. The molecule has 2 aromatic carbocycles. The molecule has 4 aromatic rings. The summed E-state index contributed by atoms with van der Waals surface area (Å²) in [5, 5.41) is 12.5. The predicted molar refractivity (Wildman–Crippen MR) is 127 cm³/mol. The maximum absolute atomic E-state index is 7.81. The van der Waals surface area contributed by atoms with Crippen molar-refractivity contribution in [2.24, 2.45) is 11.5 Å². The fraction of sp³-hybridized carbons (Fsp3) is 0.160. The minimum atomic E-state index is 0.0936. The molecular formula is C25H24N6O. The molecule has 7 heteroatoms. The SMILES string of the molecule is COc1cc(/C(C=N)=C/N)c2nc(-c3ccc4c(c3)CCC4N)c(-c3ccccc3)n2n1. The van der Waals surface area contributed by atoms with Crippen molar-refractivity contribution < 1.29 is 4.74 Å². The van der Waals surface area contributed by atoms with E-state index < -0.39 is 0 Å². The Bertz CT molecular complexity index is 1360. The van der Waals surface area contributed by atoms with Gasteiger partial charge in [-0.15, -0.1) is 5.10 Å². The molecule has 5 rings (SSSR count). The van der Waals surface area contributed by atoms with E-state index in [-0.39, 0.29) is 6.04 Å². The smallest absolute Gasteiger partial charge is 0.232 e. The van der Waals surface area contributed by atoms with E-state index in [2.05, 4.69) is 23.3 Å². The van der Waals surface area contributed by atoms with Gasteiger partial charge in [-0.3, -0.25) is 0 Å². The molecule has 5 N–H and O–H groups in total. The van der Waals surface area contributed by atoms with Gasteiger partial charge < -0.3 is 21.6 Å². The summed E-state index contributed by atoms with van der Waals surface area (Å²) >= 11 is 0.